The molecule has 0 fully saturated rings. The molecule has 0 amide bonds. The third kappa shape index (κ3) is 4.94. The van der Waals surface area contributed by atoms with E-state index in [-0.39, 0.29) is 12.4 Å². The van der Waals surface area contributed by atoms with Crippen LogP contribution in [0.3, 0.4) is 0 Å². The van der Waals surface area contributed by atoms with Gasteiger partial charge in [-0.3, -0.25) is 4.79 Å². The number of carbonyl (C=O) groups excluding carboxylic acids is 1. The number of methoxy groups -OCH3 is 1. The Hall–Kier alpha value is -2.59. The zero-order chi connectivity index (χ0) is 18.2. The molecule has 25 heavy (non-hydrogen) atoms. The van der Waals surface area contributed by atoms with Crippen LogP contribution in [0.2, 0.25) is 0 Å². The number of nitrogens with two attached hydrogens (primary N) is 1. The maximum absolute atomic E-state index is 11.5. The molecule has 0 aliphatic rings. The molecule has 0 unspecified atom stereocenters. The molecule has 4 nitrogen and oxygen atoms in total. The molecule has 2 aromatic rings. The highest BCUT2D eigenvalue weighted by atomic mass is 16.5. The van der Waals surface area contributed by atoms with E-state index in [1.807, 2.05) is 42.5 Å². The van der Waals surface area contributed by atoms with Crippen molar-refractivity contribution in [1.29, 1.82) is 0 Å². The Balaban J connectivity index is 2.34. The molecule has 0 spiro atoms. The van der Waals surface area contributed by atoms with E-state index in [1.165, 1.54) is 7.11 Å². The second-order valence-corrected chi connectivity index (χ2v) is 5.89. The van der Waals surface area contributed by atoms with Crippen molar-refractivity contribution in [2.24, 2.45) is 5.73 Å². The highest BCUT2D eigenvalue weighted by Crippen LogP contribution is 2.34. The van der Waals surface area contributed by atoms with E-state index < -0.39 is 6.04 Å². The predicted molar refractivity (Wildman–Crippen MR) is 100 cm³/mol. The Morgan fingerprint density at radius 2 is 2.04 bits per heavy atom. The first kappa shape index (κ1) is 18.7. The van der Waals surface area contributed by atoms with Crippen molar-refractivity contribution in [2.75, 3.05) is 13.7 Å². The van der Waals surface area contributed by atoms with Gasteiger partial charge in [0.05, 0.1) is 20.1 Å². The highest BCUT2D eigenvalue weighted by molar-refractivity contribution is 5.75. The molecule has 0 radical (unpaired) electrons. The lowest BCUT2D eigenvalue weighted by Crippen LogP contribution is -2.16. The zero-order valence-electron chi connectivity index (χ0n) is 14.8. The van der Waals surface area contributed by atoms with E-state index >= 15 is 0 Å². The van der Waals surface area contributed by atoms with E-state index in [0.29, 0.717) is 6.61 Å². The Morgan fingerprint density at radius 3 is 2.76 bits per heavy atom. The lowest BCUT2D eigenvalue weighted by atomic mass is 9.95. The summed E-state index contributed by atoms with van der Waals surface area (Å²) in [7, 11) is 1.37. The summed E-state index contributed by atoms with van der Waals surface area (Å²) in [5, 5.41) is 0. The van der Waals surface area contributed by atoms with Gasteiger partial charge in [-0.15, -0.1) is 6.58 Å². The minimum absolute atomic E-state index is 0.149. The summed E-state index contributed by atoms with van der Waals surface area (Å²) in [5.74, 6) is 0.516. The average molecular weight is 339 g/mol. The molecule has 0 aromatic heterocycles. The van der Waals surface area contributed by atoms with Crippen LogP contribution in [-0.2, 0) is 9.53 Å². The molecule has 4 heteroatoms. The van der Waals surface area contributed by atoms with Crippen molar-refractivity contribution < 1.29 is 14.3 Å². The number of carbonyl (C=O) groups is 1. The SMILES string of the molecule is C=CCCOc1cccc(C)c1-c1cccc([C@@H](N)CC(=O)OC)c1. The fourth-order valence-corrected chi connectivity index (χ4v) is 2.69. The lowest BCUT2D eigenvalue weighted by Gasteiger charge is -2.16. The summed E-state index contributed by atoms with van der Waals surface area (Å²) in [4.78, 5) is 11.5. The van der Waals surface area contributed by atoms with E-state index in [2.05, 4.69) is 19.6 Å². The van der Waals surface area contributed by atoms with Crippen LogP contribution in [0.5, 0.6) is 5.75 Å². The van der Waals surface area contributed by atoms with Crippen LogP contribution in [0, 0.1) is 6.92 Å². The predicted octanol–water partition coefficient (Wildman–Crippen LogP) is 4.18. The normalized spacial score (nSPS) is 11.6. The second-order valence-electron chi connectivity index (χ2n) is 5.89. The van der Waals surface area contributed by atoms with Crippen molar-refractivity contribution in [1.82, 2.24) is 0 Å². The van der Waals surface area contributed by atoms with Gasteiger partial charge in [0, 0.05) is 11.6 Å². The molecule has 0 heterocycles. The van der Waals surface area contributed by atoms with Gasteiger partial charge in [0.1, 0.15) is 5.75 Å². The number of hydrogen-bond acceptors (Lipinski definition) is 4. The number of esters is 1. The standard InChI is InChI=1S/C21H25NO3/c1-4-5-12-25-19-11-6-8-15(2)21(19)17-10-7-9-16(13-17)18(22)14-20(23)24-3/h4,6-11,13,18H,1,5,12,14,22H2,2-3H3/t18-/m0/s1. The second kappa shape index (κ2) is 9.04. The fraction of sp³-hybridized carbons (Fsp3) is 0.286. The minimum Gasteiger partial charge on any atom is -0.493 e. The maximum atomic E-state index is 11.5. The maximum Gasteiger partial charge on any atom is 0.307 e. The van der Waals surface area contributed by atoms with Gasteiger partial charge in [-0.2, -0.15) is 0 Å². The van der Waals surface area contributed by atoms with Gasteiger partial charge in [0.2, 0.25) is 0 Å². The summed E-state index contributed by atoms with van der Waals surface area (Å²) >= 11 is 0. The number of benzene rings is 2. The summed E-state index contributed by atoms with van der Waals surface area (Å²) < 4.78 is 10.6. The van der Waals surface area contributed by atoms with Crippen LogP contribution in [0.1, 0.15) is 30.0 Å². The smallest absolute Gasteiger partial charge is 0.307 e. The quantitative estimate of drug-likeness (QED) is 0.445. The molecular formula is C21H25NO3. The Bertz CT molecular complexity index is 740. The summed E-state index contributed by atoms with van der Waals surface area (Å²) in [6.07, 6.45) is 2.77. The molecule has 0 aliphatic carbocycles. The lowest BCUT2D eigenvalue weighted by molar-refractivity contribution is -0.141. The van der Waals surface area contributed by atoms with Crippen molar-refractivity contribution in [2.45, 2.75) is 25.8 Å². The number of hydrogen-bond donors (Lipinski definition) is 1. The number of aryl methyl sites for hydroxylation is 1. The third-order valence-corrected chi connectivity index (χ3v) is 4.03. The monoisotopic (exact) mass is 339 g/mol. The van der Waals surface area contributed by atoms with E-state index in [0.717, 1.165) is 34.4 Å². The van der Waals surface area contributed by atoms with E-state index in [9.17, 15) is 4.79 Å². The van der Waals surface area contributed by atoms with Gasteiger partial charge in [0.15, 0.2) is 0 Å². The number of rotatable bonds is 8. The van der Waals surface area contributed by atoms with Gasteiger partial charge in [0.25, 0.3) is 0 Å². The molecule has 2 N–H and O–H groups in total. The third-order valence-electron chi connectivity index (χ3n) is 4.03. The van der Waals surface area contributed by atoms with Gasteiger partial charge in [-0.05, 0) is 42.2 Å². The minimum atomic E-state index is -0.401. The molecule has 0 saturated heterocycles. The Morgan fingerprint density at radius 1 is 1.28 bits per heavy atom. The topological polar surface area (TPSA) is 61.5 Å². The first-order valence-electron chi connectivity index (χ1n) is 8.32. The summed E-state index contributed by atoms with van der Waals surface area (Å²) in [5.41, 5.74) is 10.2. The highest BCUT2D eigenvalue weighted by Gasteiger charge is 2.15. The largest absolute Gasteiger partial charge is 0.493 e. The van der Waals surface area contributed by atoms with Crippen LogP contribution in [0.15, 0.2) is 55.1 Å². The van der Waals surface area contributed by atoms with Gasteiger partial charge in [-0.1, -0.05) is 36.4 Å². The van der Waals surface area contributed by atoms with Crippen molar-refractivity contribution in [3.63, 3.8) is 0 Å². The molecule has 0 saturated carbocycles. The van der Waals surface area contributed by atoms with E-state index in [4.69, 9.17) is 15.2 Å². The van der Waals surface area contributed by atoms with Gasteiger partial charge < -0.3 is 15.2 Å². The van der Waals surface area contributed by atoms with Crippen LogP contribution in [-0.4, -0.2) is 19.7 Å². The van der Waals surface area contributed by atoms with Crippen molar-refractivity contribution in [3.8, 4) is 16.9 Å². The molecule has 2 aromatic carbocycles. The zero-order valence-corrected chi connectivity index (χ0v) is 14.8. The fourth-order valence-electron chi connectivity index (χ4n) is 2.69. The average Bonchev–Trinajstić information content (AvgIpc) is 2.62. The molecule has 2 rings (SSSR count). The molecule has 132 valence electrons. The van der Waals surface area contributed by atoms with Crippen LogP contribution < -0.4 is 10.5 Å². The molecular weight excluding hydrogens is 314 g/mol. The molecule has 0 bridgehead atoms. The van der Waals surface area contributed by atoms with Gasteiger partial charge in [-0.25, -0.2) is 0 Å². The van der Waals surface area contributed by atoms with E-state index in [1.54, 1.807) is 0 Å². The van der Waals surface area contributed by atoms with Gasteiger partial charge >= 0.3 is 5.97 Å². The van der Waals surface area contributed by atoms with Crippen molar-refractivity contribution in [3.05, 3.63) is 66.2 Å². The first-order chi connectivity index (χ1) is 12.1. The summed E-state index contributed by atoms with van der Waals surface area (Å²) in [6, 6.07) is 13.5. The Kier molecular flexibility index (Phi) is 6.78. The van der Waals surface area contributed by atoms with Crippen LogP contribution >= 0.6 is 0 Å². The van der Waals surface area contributed by atoms with Crippen LogP contribution in [0.4, 0.5) is 0 Å². The summed E-state index contributed by atoms with van der Waals surface area (Å²) in [6.45, 7) is 6.36. The molecule has 1 atom stereocenters. The molecule has 0 aliphatic heterocycles. The van der Waals surface area contributed by atoms with Crippen LogP contribution in [0.25, 0.3) is 11.1 Å². The van der Waals surface area contributed by atoms with Crippen molar-refractivity contribution >= 4 is 5.97 Å². The number of ether oxygens (including phenoxy) is 2. The first-order valence-corrected chi connectivity index (χ1v) is 8.32. The Labute approximate surface area is 149 Å².